The Hall–Kier alpha value is -1.73. The fraction of sp³-hybridized carbons (Fsp3) is 0.400. The van der Waals surface area contributed by atoms with Crippen molar-refractivity contribution in [1.29, 1.82) is 0 Å². The summed E-state index contributed by atoms with van der Waals surface area (Å²) in [6.07, 6.45) is 0. The van der Waals surface area contributed by atoms with Gasteiger partial charge in [0.2, 0.25) is 0 Å². The van der Waals surface area contributed by atoms with Gasteiger partial charge in [0.1, 0.15) is 17.6 Å². The van der Waals surface area contributed by atoms with Crippen LogP contribution in [-0.2, 0) is 23.2 Å². The molecule has 1 atom stereocenters. The molecule has 0 aliphatic heterocycles. The SMILES string of the molecule is COC(=O)C(C)Sc1nnc(COc2ccc(Cl)c(C)c2)n1C. The number of hydrogen-bond donors (Lipinski definition) is 0. The van der Waals surface area contributed by atoms with Crippen molar-refractivity contribution in [2.24, 2.45) is 7.05 Å². The highest BCUT2D eigenvalue weighted by Gasteiger charge is 2.19. The van der Waals surface area contributed by atoms with Gasteiger partial charge in [0.25, 0.3) is 0 Å². The molecule has 0 aliphatic carbocycles. The van der Waals surface area contributed by atoms with Crippen molar-refractivity contribution in [3.63, 3.8) is 0 Å². The number of benzene rings is 1. The van der Waals surface area contributed by atoms with E-state index in [1.807, 2.05) is 20.0 Å². The molecule has 6 nitrogen and oxygen atoms in total. The molecule has 1 unspecified atom stereocenters. The Morgan fingerprint density at radius 2 is 2.17 bits per heavy atom. The summed E-state index contributed by atoms with van der Waals surface area (Å²) in [6.45, 7) is 3.95. The number of esters is 1. The zero-order valence-electron chi connectivity index (χ0n) is 13.4. The lowest BCUT2D eigenvalue weighted by Gasteiger charge is -2.09. The lowest BCUT2D eigenvalue weighted by molar-refractivity contribution is -0.139. The maximum absolute atomic E-state index is 11.5. The second kappa shape index (κ2) is 7.70. The number of ether oxygens (including phenoxy) is 2. The van der Waals surface area contributed by atoms with E-state index in [1.165, 1.54) is 18.9 Å². The summed E-state index contributed by atoms with van der Waals surface area (Å²) in [7, 11) is 3.20. The van der Waals surface area contributed by atoms with E-state index in [2.05, 4.69) is 10.2 Å². The minimum Gasteiger partial charge on any atom is -0.486 e. The van der Waals surface area contributed by atoms with E-state index in [9.17, 15) is 4.79 Å². The average molecular weight is 356 g/mol. The maximum Gasteiger partial charge on any atom is 0.318 e. The van der Waals surface area contributed by atoms with Gasteiger partial charge in [-0.3, -0.25) is 4.79 Å². The lowest BCUT2D eigenvalue weighted by Crippen LogP contribution is -2.15. The third-order valence-electron chi connectivity index (χ3n) is 3.24. The van der Waals surface area contributed by atoms with Crippen LogP contribution in [0.1, 0.15) is 18.3 Å². The number of thioether (sulfide) groups is 1. The molecule has 1 aromatic heterocycles. The first-order chi connectivity index (χ1) is 10.9. The molecule has 0 saturated heterocycles. The summed E-state index contributed by atoms with van der Waals surface area (Å²) in [6, 6.07) is 5.47. The van der Waals surface area contributed by atoms with Gasteiger partial charge in [0, 0.05) is 12.1 Å². The van der Waals surface area contributed by atoms with Crippen LogP contribution in [0.4, 0.5) is 0 Å². The minimum atomic E-state index is -0.351. The monoisotopic (exact) mass is 355 g/mol. The van der Waals surface area contributed by atoms with Crippen molar-refractivity contribution in [3.8, 4) is 5.75 Å². The number of carbonyl (C=O) groups excluding carboxylic acids is 1. The third kappa shape index (κ3) is 4.39. The molecule has 0 spiro atoms. The molecule has 0 amide bonds. The summed E-state index contributed by atoms with van der Waals surface area (Å²) in [4.78, 5) is 11.5. The van der Waals surface area contributed by atoms with Crippen molar-refractivity contribution in [3.05, 3.63) is 34.6 Å². The van der Waals surface area contributed by atoms with Gasteiger partial charge < -0.3 is 14.0 Å². The number of methoxy groups -OCH3 is 1. The van der Waals surface area contributed by atoms with Crippen LogP contribution < -0.4 is 4.74 Å². The highest BCUT2D eigenvalue weighted by molar-refractivity contribution is 8.00. The standard InChI is InChI=1S/C15H18ClN3O3S/c1-9-7-11(5-6-12(9)16)22-8-13-17-18-15(19(13)3)23-10(2)14(20)21-4/h5-7,10H,8H2,1-4H3. The molecule has 124 valence electrons. The Labute approximate surface area is 144 Å². The van der Waals surface area contributed by atoms with Gasteiger partial charge in [-0.2, -0.15) is 0 Å². The van der Waals surface area contributed by atoms with Gasteiger partial charge in [-0.25, -0.2) is 0 Å². The van der Waals surface area contributed by atoms with Gasteiger partial charge >= 0.3 is 5.97 Å². The fourth-order valence-corrected chi connectivity index (χ4v) is 2.78. The lowest BCUT2D eigenvalue weighted by atomic mass is 10.2. The molecule has 1 heterocycles. The number of nitrogens with zero attached hydrogens (tertiary/aromatic N) is 3. The van der Waals surface area contributed by atoms with Crippen LogP contribution in [0.5, 0.6) is 5.75 Å². The number of halogens is 1. The third-order valence-corrected chi connectivity index (χ3v) is 4.77. The van der Waals surface area contributed by atoms with Gasteiger partial charge in [-0.1, -0.05) is 23.4 Å². The Bertz CT molecular complexity index is 705. The normalized spacial score (nSPS) is 12.0. The number of carbonyl (C=O) groups is 1. The second-order valence-electron chi connectivity index (χ2n) is 4.94. The van der Waals surface area contributed by atoms with Crippen molar-refractivity contribution in [2.45, 2.75) is 30.9 Å². The molecule has 2 aromatic rings. The molecule has 1 aromatic carbocycles. The van der Waals surface area contributed by atoms with E-state index in [1.54, 1.807) is 23.6 Å². The molecule has 0 aliphatic rings. The summed E-state index contributed by atoms with van der Waals surface area (Å²) in [5.41, 5.74) is 0.949. The van der Waals surface area contributed by atoms with E-state index < -0.39 is 0 Å². The van der Waals surface area contributed by atoms with Gasteiger partial charge in [0.15, 0.2) is 11.0 Å². The number of hydrogen-bond acceptors (Lipinski definition) is 6. The van der Waals surface area contributed by atoms with Gasteiger partial charge in [-0.05, 0) is 37.6 Å². The number of rotatable bonds is 6. The minimum absolute atomic E-state index is 0.276. The smallest absolute Gasteiger partial charge is 0.318 e. The molecular weight excluding hydrogens is 338 g/mol. The molecule has 0 radical (unpaired) electrons. The summed E-state index contributed by atoms with van der Waals surface area (Å²) in [5, 5.41) is 9.16. The molecule has 0 N–H and O–H groups in total. The van der Waals surface area contributed by atoms with Crippen LogP contribution in [-0.4, -0.2) is 33.1 Å². The van der Waals surface area contributed by atoms with E-state index in [0.717, 1.165) is 5.56 Å². The predicted octanol–water partition coefficient (Wildman–Crippen LogP) is 3.01. The fourth-order valence-electron chi connectivity index (χ4n) is 1.80. The largest absolute Gasteiger partial charge is 0.486 e. The Morgan fingerprint density at radius 3 is 2.83 bits per heavy atom. The Kier molecular flexibility index (Phi) is 5.90. The summed E-state index contributed by atoms with van der Waals surface area (Å²) < 4.78 is 12.2. The van der Waals surface area contributed by atoms with E-state index in [0.29, 0.717) is 21.8 Å². The zero-order valence-corrected chi connectivity index (χ0v) is 14.9. The summed E-state index contributed by atoms with van der Waals surface area (Å²) in [5.74, 6) is 1.08. The average Bonchev–Trinajstić information content (AvgIpc) is 2.88. The Morgan fingerprint density at radius 1 is 1.43 bits per heavy atom. The second-order valence-corrected chi connectivity index (χ2v) is 6.66. The van der Waals surface area contributed by atoms with Crippen LogP contribution in [0.3, 0.4) is 0 Å². The molecule has 2 rings (SSSR count). The predicted molar refractivity (Wildman–Crippen MR) is 88.9 cm³/mol. The van der Waals surface area contributed by atoms with Crippen molar-refractivity contribution < 1.29 is 14.3 Å². The topological polar surface area (TPSA) is 66.2 Å². The molecule has 0 saturated carbocycles. The number of aromatic nitrogens is 3. The molecule has 0 bridgehead atoms. The molecular formula is C15H18ClN3O3S. The van der Waals surface area contributed by atoms with E-state index in [4.69, 9.17) is 21.1 Å². The van der Waals surface area contributed by atoms with Crippen molar-refractivity contribution >= 4 is 29.3 Å². The highest BCUT2D eigenvalue weighted by Crippen LogP contribution is 2.24. The van der Waals surface area contributed by atoms with E-state index >= 15 is 0 Å². The first-order valence-corrected chi connectivity index (χ1v) is 8.19. The molecule has 8 heteroatoms. The Balaban J connectivity index is 2.01. The zero-order chi connectivity index (χ0) is 17.0. The van der Waals surface area contributed by atoms with Crippen molar-refractivity contribution in [2.75, 3.05) is 7.11 Å². The first kappa shape index (κ1) is 17.6. The first-order valence-electron chi connectivity index (χ1n) is 6.94. The van der Waals surface area contributed by atoms with Crippen LogP contribution in [0, 0.1) is 6.92 Å². The maximum atomic E-state index is 11.5. The van der Waals surface area contributed by atoms with Crippen molar-refractivity contribution in [1.82, 2.24) is 14.8 Å². The van der Waals surface area contributed by atoms with Crippen LogP contribution in [0.2, 0.25) is 5.02 Å². The van der Waals surface area contributed by atoms with Crippen LogP contribution >= 0.6 is 23.4 Å². The van der Waals surface area contributed by atoms with Crippen LogP contribution in [0.25, 0.3) is 0 Å². The van der Waals surface area contributed by atoms with Gasteiger partial charge in [-0.15, -0.1) is 10.2 Å². The van der Waals surface area contributed by atoms with E-state index in [-0.39, 0.29) is 17.8 Å². The molecule has 0 fully saturated rings. The quantitative estimate of drug-likeness (QED) is 0.586. The summed E-state index contributed by atoms with van der Waals surface area (Å²) >= 11 is 7.28. The highest BCUT2D eigenvalue weighted by atomic mass is 35.5. The number of aryl methyl sites for hydroxylation is 1. The van der Waals surface area contributed by atoms with Crippen LogP contribution in [0.15, 0.2) is 23.4 Å². The molecule has 23 heavy (non-hydrogen) atoms. The van der Waals surface area contributed by atoms with Gasteiger partial charge in [0.05, 0.1) is 7.11 Å².